The number of carbonyl (C=O) groups is 1. The van der Waals surface area contributed by atoms with Crippen molar-refractivity contribution in [2.75, 3.05) is 5.75 Å². The summed E-state index contributed by atoms with van der Waals surface area (Å²) in [6.45, 7) is 0.336. The van der Waals surface area contributed by atoms with Gasteiger partial charge in [0.05, 0.1) is 5.75 Å². The normalized spacial score (nSPS) is 17.9. The monoisotopic (exact) mass is 425 g/mol. The summed E-state index contributed by atoms with van der Waals surface area (Å²) < 4.78 is 44.8. The van der Waals surface area contributed by atoms with Crippen LogP contribution in [0, 0.1) is 5.82 Å². The number of carbonyl (C=O) groups excluding carboxylic acids is 1. The highest BCUT2D eigenvalue weighted by Crippen LogP contribution is 2.27. The Bertz CT molecular complexity index is 1180. The Kier molecular flexibility index (Phi) is 5.55. The van der Waals surface area contributed by atoms with Crippen molar-refractivity contribution < 1.29 is 22.3 Å². The SMILES string of the molecule is O=C1CC(c2ccc(OCc3cccc(-c4cccc(F)c4)c3)cc2)CS(=O)(=O)N1. The predicted octanol–water partition coefficient (Wildman–Crippen LogP) is 4.01. The Morgan fingerprint density at radius 1 is 0.967 bits per heavy atom. The van der Waals surface area contributed by atoms with E-state index in [1.165, 1.54) is 12.1 Å². The molecule has 3 aromatic carbocycles. The first-order valence-electron chi connectivity index (χ1n) is 9.49. The zero-order valence-corrected chi connectivity index (χ0v) is 16.9. The molecule has 0 aliphatic carbocycles. The lowest BCUT2D eigenvalue weighted by Crippen LogP contribution is -2.40. The number of rotatable bonds is 5. The molecule has 1 heterocycles. The number of sulfonamides is 1. The highest BCUT2D eigenvalue weighted by atomic mass is 32.2. The third-order valence-electron chi connectivity index (χ3n) is 4.96. The summed E-state index contributed by atoms with van der Waals surface area (Å²) in [6, 6.07) is 21.3. The number of benzene rings is 3. The van der Waals surface area contributed by atoms with E-state index < -0.39 is 15.9 Å². The Morgan fingerprint density at radius 3 is 2.37 bits per heavy atom. The highest BCUT2D eigenvalue weighted by Gasteiger charge is 2.30. The van der Waals surface area contributed by atoms with Crippen molar-refractivity contribution in [2.45, 2.75) is 18.9 Å². The summed E-state index contributed by atoms with van der Waals surface area (Å²) in [6.07, 6.45) is 0.145. The fourth-order valence-corrected chi connectivity index (χ4v) is 4.88. The minimum Gasteiger partial charge on any atom is -0.489 e. The summed E-state index contributed by atoms with van der Waals surface area (Å²) in [7, 11) is -3.57. The number of amides is 1. The zero-order valence-electron chi connectivity index (χ0n) is 16.0. The molecule has 1 aliphatic rings. The van der Waals surface area contributed by atoms with Crippen molar-refractivity contribution in [1.29, 1.82) is 0 Å². The van der Waals surface area contributed by atoms with Crippen LogP contribution in [0.15, 0.2) is 72.8 Å². The van der Waals surface area contributed by atoms with Gasteiger partial charge in [-0.25, -0.2) is 12.8 Å². The van der Waals surface area contributed by atoms with E-state index in [-0.39, 0.29) is 23.9 Å². The van der Waals surface area contributed by atoms with Crippen LogP contribution in [0.2, 0.25) is 0 Å². The van der Waals surface area contributed by atoms with E-state index in [0.29, 0.717) is 12.4 Å². The van der Waals surface area contributed by atoms with Gasteiger partial charge in [-0.1, -0.05) is 42.5 Å². The number of hydrogen-bond donors (Lipinski definition) is 1. The maximum Gasteiger partial charge on any atom is 0.235 e. The van der Waals surface area contributed by atoms with E-state index in [0.717, 1.165) is 22.3 Å². The first-order valence-corrected chi connectivity index (χ1v) is 11.1. The van der Waals surface area contributed by atoms with Gasteiger partial charge >= 0.3 is 0 Å². The van der Waals surface area contributed by atoms with Crippen LogP contribution in [0.5, 0.6) is 5.75 Å². The summed E-state index contributed by atoms with van der Waals surface area (Å²) in [5, 5.41) is 0. The standard InChI is InChI=1S/C23H20FNO4S/c24-21-6-2-5-19(12-21)18-4-1-3-16(11-18)14-29-22-9-7-17(8-10-22)20-13-23(26)25-30(27,28)15-20/h1-12,20H,13-15H2,(H,25,26). The van der Waals surface area contributed by atoms with Gasteiger partial charge in [-0.2, -0.15) is 0 Å². The molecular weight excluding hydrogens is 405 g/mol. The smallest absolute Gasteiger partial charge is 0.235 e. The molecule has 1 N–H and O–H groups in total. The van der Waals surface area contributed by atoms with Crippen molar-refractivity contribution in [3.8, 4) is 16.9 Å². The van der Waals surface area contributed by atoms with E-state index in [2.05, 4.69) is 0 Å². The van der Waals surface area contributed by atoms with Crippen molar-refractivity contribution in [1.82, 2.24) is 4.72 Å². The van der Waals surface area contributed by atoms with Gasteiger partial charge < -0.3 is 4.74 Å². The second-order valence-electron chi connectivity index (χ2n) is 7.28. The number of hydrogen-bond acceptors (Lipinski definition) is 4. The molecule has 1 atom stereocenters. The van der Waals surface area contributed by atoms with E-state index in [9.17, 15) is 17.6 Å². The Morgan fingerprint density at radius 2 is 1.67 bits per heavy atom. The fourth-order valence-electron chi connectivity index (χ4n) is 3.53. The lowest BCUT2D eigenvalue weighted by molar-refractivity contribution is -0.119. The molecule has 7 heteroatoms. The van der Waals surface area contributed by atoms with Gasteiger partial charge in [0.1, 0.15) is 18.2 Å². The first-order chi connectivity index (χ1) is 14.4. The Balaban J connectivity index is 1.42. The van der Waals surface area contributed by atoms with Crippen molar-refractivity contribution in [3.05, 3.63) is 89.7 Å². The lowest BCUT2D eigenvalue weighted by atomic mass is 9.97. The van der Waals surface area contributed by atoms with Gasteiger partial charge in [-0.15, -0.1) is 0 Å². The fraction of sp³-hybridized carbons (Fsp3) is 0.174. The van der Waals surface area contributed by atoms with Crippen LogP contribution >= 0.6 is 0 Å². The molecule has 0 aromatic heterocycles. The second kappa shape index (κ2) is 8.28. The van der Waals surface area contributed by atoms with Gasteiger partial charge in [-0.05, 0) is 52.6 Å². The Labute approximate surface area is 174 Å². The summed E-state index contributed by atoms with van der Waals surface area (Å²) in [5.74, 6) is -0.591. The third-order valence-corrected chi connectivity index (χ3v) is 6.34. The average molecular weight is 425 g/mol. The molecule has 1 unspecified atom stereocenters. The maximum absolute atomic E-state index is 13.5. The van der Waals surface area contributed by atoms with E-state index >= 15 is 0 Å². The van der Waals surface area contributed by atoms with Crippen molar-refractivity contribution >= 4 is 15.9 Å². The van der Waals surface area contributed by atoms with Gasteiger partial charge in [0.2, 0.25) is 15.9 Å². The van der Waals surface area contributed by atoms with Crippen molar-refractivity contribution in [2.24, 2.45) is 0 Å². The van der Waals surface area contributed by atoms with E-state index in [1.54, 1.807) is 30.3 Å². The van der Waals surface area contributed by atoms with Crippen LogP contribution in [0.1, 0.15) is 23.5 Å². The van der Waals surface area contributed by atoms with Crippen LogP contribution in [0.4, 0.5) is 4.39 Å². The Hall–Kier alpha value is -3.19. The van der Waals surface area contributed by atoms with Crippen LogP contribution in [-0.4, -0.2) is 20.1 Å². The molecule has 1 fully saturated rings. The highest BCUT2D eigenvalue weighted by molar-refractivity contribution is 7.90. The van der Waals surface area contributed by atoms with Crippen molar-refractivity contribution in [3.63, 3.8) is 0 Å². The molecule has 154 valence electrons. The van der Waals surface area contributed by atoms with E-state index in [4.69, 9.17) is 4.74 Å². The molecule has 1 aliphatic heterocycles. The molecule has 0 spiro atoms. The quantitative estimate of drug-likeness (QED) is 0.671. The molecule has 0 bridgehead atoms. The largest absolute Gasteiger partial charge is 0.489 e. The molecule has 5 nitrogen and oxygen atoms in total. The maximum atomic E-state index is 13.5. The number of ether oxygens (including phenoxy) is 1. The number of nitrogens with one attached hydrogen (secondary N) is 1. The molecule has 1 saturated heterocycles. The average Bonchev–Trinajstić information content (AvgIpc) is 2.71. The summed E-state index contributed by atoms with van der Waals surface area (Å²) in [5.41, 5.74) is 3.43. The molecule has 1 amide bonds. The van der Waals surface area contributed by atoms with Crippen LogP contribution < -0.4 is 9.46 Å². The third kappa shape index (κ3) is 4.86. The minimum atomic E-state index is -3.57. The predicted molar refractivity (Wildman–Crippen MR) is 112 cm³/mol. The van der Waals surface area contributed by atoms with Gasteiger partial charge in [0.15, 0.2) is 0 Å². The zero-order chi connectivity index (χ0) is 21.1. The summed E-state index contributed by atoms with van der Waals surface area (Å²) in [4.78, 5) is 11.6. The first kappa shape index (κ1) is 20.1. The topological polar surface area (TPSA) is 72.5 Å². The van der Waals surface area contributed by atoms with Crippen LogP contribution in [0.3, 0.4) is 0 Å². The van der Waals surface area contributed by atoms with Crippen LogP contribution in [0.25, 0.3) is 11.1 Å². The lowest BCUT2D eigenvalue weighted by Gasteiger charge is -2.22. The second-order valence-corrected chi connectivity index (χ2v) is 9.04. The van der Waals surface area contributed by atoms with Gasteiger partial charge in [0.25, 0.3) is 0 Å². The number of halogens is 1. The van der Waals surface area contributed by atoms with Crippen LogP contribution in [-0.2, 0) is 21.4 Å². The summed E-state index contributed by atoms with van der Waals surface area (Å²) >= 11 is 0. The molecule has 4 rings (SSSR count). The molecular formula is C23H20FNO4S. The molecule has 30 heavy (non-hydrogen) atoms. The molecule has 0 saturated carbocycles. The molecule has 3 aromatic rings. The van der Waals surface area contributed by atoms with Gasteiger partial charge in [0, 0.05) is 12.3 Å². The van der Waals surface area contributed by atoms with Gasteiger partial charge in [-0.3, -0.25) is 9.52 Å². The molecule has 0 radical (unpaired) electrons. The minimum absolute atomic E-state index is 0.105. The van der Waals surface area contributed by atoms with E-state index in [1.807, 2.05) is 35.1 Å².